The summed E-state index contributed by atoms with van der Waals surface area (Å²) in [6.45, 7) is 1.87. The van der Waals surface area contributed by atoms with Crippen LogP contribution in [0.3, 0.4) is 0 Å². The lowest BCUT2D eigenvalue weighted by atomic mass is 10.1. The molecular formula is C18H22N2O2. The first-order chi connectivity index (χ1) is 10.8. The zero-order valence-corrected chi connectivity index (χ0v) is 12.9. The molecule has 0 spiro atoms. The highest BCUT2D eigenvalue weighted by Crippen LogP contribution is 2.25. The van der Waals surface area contributed by atoms with Crippen LogP contribution in [0.15, 0.2) is 48.7 Å². The van der Waals surface area contributed by atoms with Gasteiger partial charge in [0.2, 0.25) is 5.91 Å². The van der Waals surface area contributed by atoms with Gasteiger partial charge in [-0.15, -0.1) is 0 Å². The van der Waals surface area contributed by atoms with Crippen molar-refractivity contribution in [3.63, 3.8) is 0 Å². The van der Waals surface area contributed by atoms with Crippen LogP contribution in [0.2, 0.25) is 0 Å². The monoisotopic (exact) mass is 298 g/mol. The maximum atomic E-state index is 12.6. The second-order valence-corrected chi connectivity index (χ2v) is 5.71. The van der Waals surface area contributed by atoms with Gasteiger partial charge in [0.25, 0.3) is 0 Å². The number of carbonyl (C=O) groups is 1. The second kappa shape index (κ2) is 6.79. The van der Waals surface area contributed by atoms with Gasteiger partial charge < -0.3 is 14.2 Å². The van der Waals surface area contributed by atoms with Crippen molar-refractivity contribution in [2.75, 3.05) is 19.8 Å². The highest BCUT2D eigenvalue weighted by molar-refractivity contribution is 5.77. The molecule has 1 aliphatic heterocycles. The number of rotatable bonds is 4. The normalized spacial score (nSPS) is 18.4. The van der Waals surface area contributed by atoms with Gasteiger partial charge in [-0.1, -0.05) is 30.3 Å². The molecule has 4 heteroatoms. The average molecular weight is 298 g/mol. The van der Waals surface area contributed by atoms with Gasteiger partial charge in [0.1, 0.15) is 0 Å². The Hall–Kier alpha value is -2.07. The molecule has 1 atom stereocenters. The molecule has 0 N–H and O–H groups in total. The smallest absolute Gasteiger partial charge is 0.223 e. The van der Waals surface area contributed by atoms with Crippen molar-refractivity contribution < 1.29 is 9.53 Å². The number of morpholine rings is 1. The lowest BCUT2D eigenvalue weighted by molar-refractivity contribution is -0.140. The molecule has 22 heavy (non-hydrogen) atoms. The summed E-state index contributed by atoms with van der Waals surface area (Å²) in [5.41, 5.74) is 2.34. The number of nitrogens with zero attached hydrogens (tertiary/aromatic N) is 2. The third kappa shape index (κ3) is 3.22. The van der Waals surface area contributed by atoms with Gasteiger partial charge >= 0.3 is 0 Å². The van der Waals surface area contributed by atoms with Crippen LogP contribution in [-0.2, 0) is 23.0 Å². The number of aromatic nitrogens is 1. The van der Waals surface area contributed by atoms with Crippen molar-refractivity contribution in [3.8, 4) is 0 Å². The topological polar surface area (TPSA) is 34.5 Å². The van der Waals surface area contributed by atoms with E-state index in [4.69, 9.17) is 4.74 Å². The molecule has 0 unspecified atom stereocenters. The summed E-state index contributed by atoms with van der Waals surface area (Å²) in [6, 6.07) is 14.3. The Kier molecular flexibility index (Phi) is 4.59. The van der Waals surface area contributed by atoms with Crippen molar-refractivity contribution in [1.29, 1.82) is 0 Å². The van der Waals surface area contributed by atoms with E-state index >= 15 is 0 Å². The van der Waals surface area contributed by atoms with Gasteiger partial charge in [0, 0.05) is 31.9 Å². The van der Waals surface area contributed by atoms with Gasteiger partial charge in [-0.25, -0.2) is 0 Å². The maximum absolute atomic E-state index is 12.6. The SMILES string of the molecule is Cn1cccc1[C@@H]1COCCN1C(=O)CCc1ccccc1. The molecule has 1 saturated heterocycles. The summed E-state index contributed by atoms with van der Waals surface area (Å²) in [6.07, 6.45) is 3.35. The lowest BCUT2D eigenvalue weighted by Gasteiger charge is -2.36. The molecular weight excluding hydrogens is 276 g/mol. The van der Waals surface area contributed by atoms with E-state index in [0.29, 0.717) is 26.2 Å². The standard InChI is InChI=1S/C18H22N2O2/c1-19-11-5-8-16(19)17-14-22-13-12-20(17)18(21)10-9-15-6-3-2-4-7-15/h2-8,11,17H,9-10,12-14H2,1H3/t17-/m0/s1. The molecule has 2 aromatic rings. The Bertz CT molecular complexity index is 621. The molecule has 4 nitrogen and oxygen atoms in total. The highest BCUT2D eigenvalue weighted by atomic mass is 16.5. The lowest BCUT2D eigenvalue weighted by Crippen LogP contribution is -2.44. The van der Waals surface area contributed by atoms with Gasteiger partial charge in [0.15, 0.2) is 0 Å². The molecule has 1 amide bonds. The molecule has 1 aromatic carbocycles. The Labute approximate surface area is 131 Å². The predicted octanol–water partition coefficient (Wildman–Crippen LogP) is 2.56. The molecule has 1 aliphatic rings. The first-order valence-corrected chi connectivity index (χ1v) is 7.78. The fraction of sp³-hybridized carbons (Fsp3) is 0.389. The predicted molar refractivity (Wildman–Crippen MR) is 85.4 cm³/mol. The fourth-order valence-electron chi connectivity index (χ4n) is 3.01. The first kappa shape index (κ1) is 14.9. The minimum atomic E-state index is 0.0250. The second-order valence-electron chi connectivity index (χ2n) is 5.71. The van der Waals surface area contributed by atoms with Crippen LogP contribution < -0.4 is 0 Å². The van der Waals surface area contributed by atoms with Crippen LogP contribution in [-0.4, -0.2) is 35.1 Å². The molecule has 0 aliphatic carbocycles. The molecule has 0 bridgehead atoms. The Balaban J connectivity index is 1.68. The molecule has 1 aromatic heterocycles. The Morgan fingerprint density at radius 3 is 2.77 bits per heavy atom. The van der Waals surface area contributed by atoms with E-state index in [9.17, 15) is 4.79 Å². The number of carbonyl (C=O) groups excluding carboxylic acids is 1. The van der Waals surface area contributed by atoms with Crippen LogP contribution in [0.1, 0.15) is 23.7 Å². The summed E-state index contributed by atoms with van der Waals surface area (Å²) in [5, 5.41) is 0. The zero-order valence-electron chi connectivity index (χ0n) is 12.9. The van der Waals surface area contributed by atoms with Gasteiger partial charge in [-0.3, -0.25) is 4.79 Å². The maximum Gasteiger partial charge on any atom is 0.223 e. The summed E-state index contributed by atoms with van der Waals surface area (Å²) in [7, 11) is 2.01. The van der Waals surface area contributed by atoms with Gasteiger partial charge in [0.05, 0.1) is 19.3 Å². The number of hydrogen-bond acceptors (Lipinski definition) is 2. The third-order valence-corrected chi connectivity index (χ3v) is 4.24. The summed E-state index contributed by atoms with van der Waals surface area (Å²) >= 11 is 0. The van der Waals surface area contributed by atoms with Crippen LogP contribution in [0.4, 0.5) is 0 Å². The van der Waals surface area contributed by atoms with E-state index in [1.54, 1.807) is 0 Å². The molecule has 0 radical (unpaired) electrons. The molecule has 2 heterocycles. The van der Waals surface area contributed by atoms with Crippen LogP contribution in [0.25, 0.3) is 0 Å². The van der Waals surface area contributed by atoms with Crippen molar-refractivity contribution in [1.82, 2.24) is 9.47 Å². The summed E-state index contributed by atoms with van der Waals surface area (Å²) in [5.74, 6) is 0.207. The summed E-state index contributed by atoms with van der Waals surface area (Å²) in [4.78, 5) is 14.6. The number of ether oxygens (including phenoxy) is 1. The van der Waals surface area contributed by atoms with E-state index in [2.05, 4.69) is 22.8 Å². The Morgan fingerprint density at radius 2 is 2.05 bits per heavy atom. The van der Waals surface area contributed by atoms with E-state index in [-0.39, 0.29) is 11.9 Å². The van der Waals surface area contributed by atoms with Crippen molar-refractivity contribution in [2.45, 2.75) is 18.9 Å². The van der Waals surface area contributed by atoms with Crippen LogP contribution in [0, 0.1) is 0 Å². The van der Waals surface area contributed by atoms with E-state index in [1.165, 1.54) is 5.56 Å². The molecule has 1 fully saturated rings. The Morgan fingerprint density at radius 1 is 1.23 bits per heavy atom. The number of aryl methyl sites for hydroxylation is 2. The van der Waals surface area contributed by atoms with Crippen LogP contribution in [0.5, 0.6) is 0 Å². The minimum absolute atomic E-state index is 0.0250. The number of amides is 1. The fourth-order valence-corrected chi connectivity index (χ4v) is 3.01. The highest BCUT2D eigenvalue weighted by Gasteiger charge is 2.29. The third-order valence-electron chi connectivity index (χ3n) is 4.24. The number of benzene rings is 1. The quantitative estimate of drug-likeness (QED) is 0.869. The number of hydrogen-bond donors (Lipinski definition) is 0. The average Bonchev–Trinajstić information content (AvgIpc) is 2.99. The molecule has 3 rings (SSSR count). The minimum Gasteiger partial charge on any atom is -0.377 e. The van der Waals surface area contributed by atoms with Crippen molar-refractivity contribution in [3.05, 3.63) is 59.9 Å². The van der Waals surface area contributed by atoms with Crippen LogP contribution >= 0.6 is 0 Å². The van der Waals surface area contributed by atoms with Crippen molar-refractivity contribution >= 4 is 5.91 Å². The van der Waals surface area contributed by atoms with Gasteiger partial charge in [-0.05, 0) is 24.1 Å². The van der Waals surface area contributed by atoms with E-state index in [1.807, 2.05) is 42.4 Å². The largest absolute Gasteiger partial charge is 0.377 e. The zero-order chi connectivity index (χ0) is 15.4. The van der Waals surface area contributed by atoms with E-state index in [0.717, 1.165) is 12.1 Å². The first-order valence-electron chi connectivity index (χ1n) is 7.78. The van der Waals surface area contributed by atoms with E-state index < -0.39 is 0 Å². The summed E-state index contributed by atoms with van der Waals surface area (Å²) < 4.78 is 7.66. The molecule has 0 saturated carbocycles. The van der Waals surface area contributed by atoms with Crippen molar-refractivity contribution in [2.24, 2.45) is 7.05 Å². The molecule has 116 valence electrons. The van der Waals surface area contributed by atoms with Gasteiger partial charge in [-0.2, -0.15) is 0 Å².